The summed E-state index contributed by atoms with van der Waals surface area (Å²) in [6, 6.07) is 54.0. The molecule has 0 aliphatic rings. The van der Waals surface area contributed by atoms with Gasteiger partial charge in [0, 0.05) is 34.1 Å². The maximum absolute atomic E-state index is 2.32. The maximum atomic E-state index is 2.32. The van der Waals surface area contributed by atoms with Crippen molar-refractivity contribution in [2.45, 2.75) is 20.8 Å². The van der Waals surface area contributed by atoms with Crippen LogP contribution in [0.3, 0.4) is 0 Å². The fourth-order valence-electron chi connectivity index (χ4n) is 5.46. The van der Waals surface area contributed by atoms with Gasteiger partial charge in [-0.15, -0.1) is 0 Å². The van der Waals surface area contributed by atoms with Crippen LogP contribution in [0.4, 0.5) is 34.1 Å². The summed E-state index contributed by atoms with van der Waals surface area (Å²) in [6.07, 6.45) is 4.36. The fourth-order valence-corrected chi connectivity index (χ4v) is 5.46. The van der Waals surface area contributed by atoms with E-state index in [1.54, 1.807) is 0 Å². The number of nitrogens with zero attached hydrogens (tertiary/aromatic N) is 2. The lowest BCUT2D eigenvalue weighted by molar-refractivity contribution is 1.25. The summed E-state index contributed by atoms with van der Waals surface area (Å²) < 4.78 is 0. The van der Waals surface area contributed by atoms with Gasteiger partial charge in [-0.25, -0.2) is 0 Å². The van der Waals surface area contributed by atoms with E-state index in [1.165, 1.54) is 22.4 Å². The second kappa shape index (κ2) is 12.7. The van der Waals surface area contributed by atoms with Crippen LogP contribution < -0.4 is 9.80 Å². The molecule has 2 nitrogen and oxygen atoms in total. The molecule has 0 heterocycles. The minimum Gasteiger partial charge on any atom is -0.310 e. The molecule has 0 aromatic heterocycles. The molecule has 0 aliphatic carbocycles. The van der Waals surface area contributed by atoms with Gasteiger partial charge in [0.25, 0.3) is 0 Å². The molecule has 6 aromatic rings. The molecular weight excluding hydrogens is 520 g/mol. The molecule has 0 amide bonds. The summed E-state index contributed by atoms with van der Waals surface area (Å²) in [5.74, 6) is 0. The lowest BCUT2D eigenvalue weighted by Gasteiger charge is -2.27. The van der Waals surface area contributed by atoms with Crippen LogP contribution in [0.5, 0.6) is 0 Å². The highest BCUT2D eigenvalue weighted by atomic mass is 15.1. The fraction of sp³-hybridized carbons (Fsp3) is 0.0732. The van der Waals surface area contributed by atoms with Gasteiger partial charge in [0.2, 0.25) is 0 Å². The molecule has 2 heteroatoms. The third-order valence-corrected chi connectivity index (χ3v) is 7.66. The van der Waals surface area contributed by atoms with Crippen LogP contribution in [0.1, 0.15) is 27.8 Å². The molecule has 0 aliphatic heterocycles. The first kappa shape index (κ1) is 27.8. The van der Waals surface area contributed by atoms with Crippen molar-refractivity contribution < 1.29 is 0 Å². The highest BCUT2D eigenvalue weighted by Gasteiger charge is 2.14. The van der Waals surface area contributed by atoms with Gasteiger partial charge in [-0.1, -0.05) is 97.1 Å². The van der Waals surface area contributed by atoms with Crippen LogP contribution in [-0.2, 0) is 0 Å². The quantitative estimate of drug-likeness (QED) is 0.172. The van der Waals surface area contributed by atoms with Gasteiger partial charge in [0.1, 0.15) is 0 Å². The molecule has 0 atom stereocenters. The number of benzene rings is 6. The SMILES string of the molecule is Cc1cccc(N(c2ccc(/C=C/c3ccc(N(c4ccccc4)c4ccccc4C)cc3)cc2)c2cccc(C)c2)c1. The van der Waals surface area contributed by atoms with Gasteiger partial charge in [-0.2, -0.15) is 0 Å². The molecule has 0 radical (unpaired) electrons. The molecular formula is C41H36N2. The Morgan fingerprint density at radius 2 is 0.814 bits per heavy atom. The second-order valence-corrected chi connectivity index (χ2v) is 11.0. The lowest BCUT2D eigenvalue weighted by Crippen LogP contribution is -2.11. The van der Waals surface area contributed by atoms with Gasteiger partial charge in [-0.3, -0.25) is 0 Å². The van der Waals surface area contributed by atoms with Crippen LogP contribution in [0.15, 0.2) is 152 Å². The van der Waals surface area contributed by atoms with E-state index in [2.05, 4.69) is 194 Å². The summed E-state index contributed by atoms with van der Waals surface area (Å²) in [5.41, 5.74) is 12.9. The number of hydrogen-bond acceptors (Lipinski definition) is 2. The smallest absolute Gasteiger partial charge is 0.0490 e. The molecule has 6 aromatic carbocycles. The standard InChI is InChI=1S/C41H36N2/c1-31-11-9-16-39(29-31)42(40-17-10-12-32(2)30-40)37-25-21-34(22-26-37)19-20-35-23-27-38(28-24-35)43(36-14-5-4-6-15-36)41-18-8-7-13-33(41)3/h4-30H,1-3H3/b20-19+. The average Bonchev–Trinajstić information content (AvgIpc) is 3.03. The molecule has 0 unspecified atom stereocenters. The summed E-state index contributed by atoms with van der Waals surface area (Å²) in [4.78, 5) is 4.63. The molecule has 43 heavy (non-hydrogen) atoms. The summed E-state index contributed by atoms with van der Waals surface area (Å²) in [6.45, 7) is 6.44. The number of para-hydroxylation sites is 2. The zero-order valence-corrected chi connectivity index (χ0v) is 25.0. The van der Waals surface area contributed by atoms with Gasteiger partial charge >= 0.3 is 0 Å². The lowest BCUT2D eigenvalue weighted by atomic mass is 10.1. The monoisotopic (exact) mass is 556 g/mol. The number of aryl methyl sites for hydroxylation is 3. The van der Waals surface area contributed by atoms with E-state index in [9.17, 15) is 0 Å². The topological polar surface area (TPSA) is 6.48 Å². The third kappa shape index (κ3) is 6.45. The average molecular weight is 557 g/mol. The summed E-state index contributed by atoms with van der Waals surface area (Å²) in [7, 11) is 0. The Morgan fingerprint density at radius 1 is 0.372 bits per heavy atom. The molecule has 0 saturated heterocycles. The van der Waals surface area contributed by atoms with Crippen LogP contribution in [0.25, 0.3) is 12.2 Å². The zero-order chi connectivity index (χ0) is 29.6. The zero-order valence-electron chi connectivity index (χ0n) is 25.0. The third-order valence-electron chi connectivity index (χ3n) is 7.66. The van der Waals surface area contributed by atoms with Crippen molar-refractivity contribution in [2.24, 2.45) is 0 Å². The molecule has 0 bridgehead atoms. The van der Waals surface area contributed by atoms with Gasteiger partial charge in [0.15, 0.2) is 0 Å². The number of anilines is 6. The Hall–Kier alpha value is -5.34. The Kier molecular flexibility index (Phi) is 8.19. The minimum atomic E-state index is 1.13. The van der Waals surface area contributed by atoms with E-state index in [0.29, 0.717) is 0 Å². The molecule has 0 saturated carbocycles. The van der Waals surface area contributed by atoms with Crippen LogP contribution >= 0.6 is 0 Å². The maximum Gasteiger partial charge on any atom is 0.0490 e. The van der Waals surface area contributed by atoms with E-state index in [4.69, 9.17) is 0 Å². The largest absolute Gasteiger partial charge is 0.310 e. The molecule has 210 valence electrons. The molecule has 6 rings (SSSR count). The first-order chi connectivity index (χ1) is 21.0. The van der Waals surface area contributed by atoms with Gasteiger partial charge in [-0.05, 0) is 115 Å². The first-order valence-corrected chi connectivity index (χ1v) is 14.8. The van der Waals surface area contributed by atoms with E-state index in [0.717, 1.165) is 39.6 Å². The molecule has 0 spiro atoms. The van der Waals surface area contributed by atoms with E-state index in [1.807, 2.05) is 0 Å². The number of hydrogen-bond donors (Lipinski definition) is 0. The van der Waals surface area contributed by atoms with Crippen molar-refractivity contribution >= 4 is 46.3 Å². The summed E-state index contributed by atoms with van der Waals surface area (Å²) in [5, 5.41) is 0. The van der Waals surface area contributed by atoms with Crippen molar-refractivity contribution in [3.63, 3.8) is 0 Å². The first-order valence-electron chi connectivity index (χ1n) is 14.8. The van der Waals surface area contributed by atoms with Crippen molar-refractivity contribution in [1.29, 1.82) is 0 Å². The number of rotatable bonds is 8. The van der Waals surface area contributed by atoms with E-state index in [-0.39, 0.29) is 0 Å². The molecule has 0 fully saturated rings. The van der Waals surface area contributed by atoms with Crippen LogP contribution in [0.2, 0.25) is 0 Å². The van der Waals surface area contributed by atoms with Crippen LogP contribution in [-0.4, -0.2) is 0 Å². The summed E-state index contributed by atoms with van der Waals surface area (Å²) >= 11 is 0. The van der Waals surface area contributed by atoms with Gasteiger partial charge < -0.3 is 9.80 Å². The highest BCUT2D eigenvalue weighted by Crippen LogP contribution is 2.37. The van der Waals surface area contributed by atoms with Gasteiger partial charge in [0.05, 0.1) is 0 Å². The molecule has 0 N–H and O–H groups in total. The normalized spacial score (nSPS) is 11.0. The van der Waals surface area contributed by atoms with Crippen molar-refractivity contribution in [3.8, 4) is 0 Å². The van der Waals surface area contributed by atoms with Crippen LogP contribution in [0, 0.1) is 20.8 Å². The predicted molar refractivity (Wildman–Crippen MR) is 185 cm³/mol. The second-order valence-electron chi connectivity index (χ2n) is 11.0. The highest BCUT2D eigenvalue weighted by molar-refractivity contribution is 5.81. The van der Waals surface area contributed by atoms with Crippen molar-refractivity contribution in [1.82, 2.24) is 0 Å². The predicted octanol–water partition coefficient (Wildman–Crippen LogP) is 11.7. The minimum absolute atomic E-state index is 1.13. The Balaban J connectivity index is 1.25. The Bertz CT molecular complexity index is 1790. The van der Waals surface area contributed by atoms with E-state index >= 15 is 0 Å². The van der Waals surface area contributed by atoms with Crippen molar-refractivity contribution in [2.75, 3.05) is 9.80 Å². The Morgan fingerprint density at radius 3 is 1.33 bits per heavy atom. The Labute approximate surface area is 255 Å². The van der Waals surface area contributed by atoms with E-state index < -0.39 is 0 Å². The van der Waals surface area contributed by atoms with Crippen molar-refractivity contribution in [3.05, 3.63) is 179 Å².